The summed E-state index contributed by atoms with van der Waals surface area (Å²) in [5.41, 5.74) is 5.27. The average Bonchev–Trinajstić information content (AvgIpc) is 2.91. The minimum atomic E-state index is -0.474. The maximum Gasteiger partial charge on any atom is 0.244 e. The number of hydrogen-bond donors (Lipinski definition) is 1. The molecule has 3 aromatic rings. The van der Waals surface area contributed by atoms with E-state index in [2.05, 4.69) is 10.5 Å². The van der Waals surface area contributed by atoms with Gasteiger partial charge >= 0.3 is 0 Å². The number of hydrogen-bond acceptors (Lipinski definition) is 4. The Hall–Kier alpha value is -3.19. The van der Waals surface area contributed by atoms with Crippen molar-refractivity contribution in [2.75, 3.05) is 26.3 Å². The summed E-state index contributed by atoms with van der Waals surface area (Å²) in [4.78, 5) is 29.4. The number of carbonyl (C=O) groups excluding carboxylic acids is 2. The van der Waals surface area contributed by atoms with E-state index in [0.29, 0.717) is 41.9 Å². The first-order valence-corrected chi connectivity index (χ1v) is 13.0. The molecule has 1 aliphatic heterocycles. The molecule has 1 heterocycles. The first kappa shape index (κ1) is 25.5. The Labute approximate surface area is 226 Å². The van der Waals surface area contributed by atoms with E-state index in [9.17, 15) is 9.59 Å². The summed E-state index contributed by atoms with van der Waals surface area (Å²) < 4.78 is 5.47. The lowest BCUT2D eigenvalue weighted by Gasteiger charge is -2.52. The number of halogens is 2. The van der Waals surface area contributed by atoms with Crippen LogP contribution in [0.5, 0.6) is 0 Å². The van der Waals surface area contributed by atoms with E-state index < -0.39 is 5.92 Å². The summed E-state index contributed by atoms with van der Waals surface area (Å²) in [6.45, 7) is 2.16. The van der Waals surface area contributed by atoms with E-state index in [-0.39, 0.29) is 29.6 Å². The van der Waals surface area contributed by atoms with Crippen molar-refractivity contribution >= 4 is 41.2 Å². The number of nitrogens with one attached hydrogen (secondary N) is 1. The zero-order valence-electron chi connectivity index (χ0n) is 20.1. The van der Waals surface area contributed by atoms with Crippen molar-refractivity contribution in [1.29, 1.82) is 0 Å². The van der Waals surface area contributed by atoms with E-state index in [1.807, 2.05) is 65.6 Å². The van der Waals surface area contributed by atoms with E-state index in [1.54, 1.807) is 18.2 Å². The molecule has 5 rings (SSSR count). The number of morpholine rings is 1. The fourth-order valence-corrected chi connectivity index (χ4v) is 5.86. The van der Waals surface area contributed by atoms with Gasteiger partial charge in [-0.15, -0.1) is 0 Å². The van der Waals surface area contributed by atoms with Gasteiger partial charge in [0.05, 0.1) is 36.3 Å². The van der Waals surface area contributed by atoms with Crippen molar-refractivity contribution in [3.05, 3.63) is 106 Å². The predicted octanol–water partition coefficient (Wildman–Crippen LogP) is 5.12. The quantitative estimate of drug-likeness (QED) is 0.352. The summed E-state index contributed by atoms with van der Waals surface area (Å²) in [6, 6.07) is 24.7. The maximum atomic E-state index is 13.9. The Morgan fingerprint density at radius 1 is 0.865 bits per heavy atom. The normalized spacial score (nSPS) is 23.5. The van der Waals surface area contributed by atoms with E-state index >= 15 is 0 Å². The highest BCUT2D eigenvalue weighted by Gasteiger charge is 2.58. The zero-order valence-corrected chi connectivity index (χ0v) is 21.6. The molecular formula is C29H27Cl2N3O3. The second kappa shape index (κ2) is 11.5. The molecule has 1 saturated carbocycles. The molecule has 8 heteroatoms. The lowest BCUT2D eigenvalue weighted by Crippen LogP contribution is -2.57. The minimum Gasteiger partial charge on any atom is -0.378 e. The van der Waals surface area contributed by atoms with Crippen molar-refractivity contribution in [2.24, 2.45) is 16.9 Å². The fraction of sp³-hybridized carbons (Fsp3) is 0.276. The van der Waals surface area contributed by atoms with Crippen molar-refractivity contribution in [2.45, 2.75) is 11.8 Å². The van der Waals surface area contributed by atoms with Gasteiger partial charge < -0.3 is 9.64 Å². The number of ether oxygens (including phenoxy) is 1. The Kier molecular flexibility index (Phi) is 7.89. The van der Waals surface area contributed by atoms with Crippen LogP contribution in [-0.2, 0) is 14.3 Å². The molecule has 1 N–H and O–H groups in total. The molecule has 0 radical (unpaired) electrons. The molecule has 2 fully saturated rings. The second-order valence-electron chi connectivity index (χ2n) is 9.26. The standard InChI is InChI=1S/C29H27Cl2N3O3/c30-22-12-11-21(23(31)17-22)18-32-33-28(35)26-24(19-7-3-1-4-8-19)27(25(26)20-9-5-2-6-10-20)29(36)34-13-15-37-16-14-34/h1-12,17-18,24-27H,13-16H2,(H,33,35). The predicted molar refractivity (Wildman–Crippen MR) is 145 cm³/mol. The van der Waals surface area contributed by atoms with Gasteiger partial charge in [0.1, 0.15) is 0 Å². The number of hydrazone groups is 1. The molecule has 37 heavy (non-hydrogen) atoms. The molecule has 190 valence electrons. The third-order valence-electron chi connectivity index (χ3n) is 7.17. The first-order chi connectivity index (χ1) is 18.0. The van der Waals surface area contributed by atoms with Crippen molar-refractivity contribution in [3.8, 4) is 0 Å². The third-order valence-corrected chi connectivity index (χ3v) is 7.73. The summed E-state index contributed by atoms with van der Waals surface area (Å²) in [6.07, 6.45) is 1.50. The number of nitrogens with zero attached hydrogens (tertiary/aromatic N) is 2. The molecule has 6 nitrogen and oxygen atoms in total. The van der Waals surface area contributed by atoms with E-state index in [1.165, 1.54) is 6.21 Å². The van der Waals surface area contributed by atoms with Crippen molar-refractivity contribution < 1.29 is 14.3 Å². The van der Waals surface area contributed by atoms with Crippen molar-refractivity contribution in [1.82, 2.24) is 10.3 Å². The lowest BCUT2D eigenvalue weighted by molar-refractivity contribution is -0.151. The molecule has 0 aromatic heterocycles. The number of benzene rings is 3. The summed E-state index contributed by atoms with van der Waals surface area (Å²) in [5.74, 6) is -1.58. The van der Waals surface area contributed by atoms with Gasteiger partial charge in [0.15, 0.2) is 0 Å². The molecule has 0 spiro atoms. The third kappa shape index (κ3) is 5.42. The zero-order chi connectivity index (χ0) is 25.8. The van der Waals surface area contributed by atoms with Gasteiger partial charge in [-0.25, -0.2) is 5.43 Å². The fourth-order valence-electron chi connectivity index (χ4n) is 5.40. The SMILES string of the molecule is O=C(NN=Cc1ccc(Cl)cc1Cl)C1C(c2ccccc2)C(C(=O)N2CCOCC2)C1c1ccccc1. The van der Waals surface area contributed by atoms with Crippen LogP contribution in [0.4, 0.5) is 0 Å². The van der Waals surface area contributed by atoms with Crippen molar-refractivity contribution in [3.63, 3.8) is 0 Å². The van der Waals surface area contributed by atoms with Gasteiger partial charge in [-0.2, -0.15) is 5.10 Å². The Balaban J connectivity index is 1.46. The highest BCUT2D eigenvalue weighted by molar-refractivity contribution is 6.36. The summed E-state index contributed by atoms with van der Waals surface area (Å²) in [5, 5.41) is 5.15. The molecule has 1 saturated heterocycles. The molecule has 1 aliphatic carbocycles. The Bertz CT molecular complexity index is 1230. The number of amides is 2. The highest BCUT2D eigenvalue weighted by atomic mass is 35.5. The number of carbonyl (C=O) groups is 2. The largest absolute Gasteiger partial charge is 0.378 e. The van der Waals surface area contributed by atoms with Crippen LogP contribution < -0.4 is 5.43 Å². The molecule has 0 bridgehead atoms. The summed E-state index contributed by atoms with van der Waals surface area (Å²) >= 11 is 12.2. The monoisotopic (exact) mass is 535 g/mol. The van der Waals surface area contributed by atoms with E-state index in [4.69, 9.17) is 27.9 Å². The van der Waals surface area contributed by atoms with E-state index in [0.717, 1.165) is 11.1 Å². The topological polar surface area (TPSA) is 71.0 Å². The van der Waals surface area contributed by atoms with Gasteiger partial charge in [0.25, 0.3) is 0 Å². The number of rotatable bonds is 6. The van der Waals surface area contributed by atoms with Gasteiger partial charge in [-0.3, -0.25) is 9.59 Å². The van der Waals surface area contributed by atoms with Crippen LogP contribution in [0.15, 0.2) is 84.0 Å². The Morgan fingerprint density at radius 2 is 1.46 bits per heavy atom. The molecular weight excluding hydrogens is 509 g/mol. The molecule has 3 aromatic carbocycles. The smallest absolute Gasteiger partial charge is 0.244 e. The van der Waals surface area contributed by atoms with Gasteiger partial charge in [-0.05, 0) is 23.3 Å². The highest BCUT2D eigenvalue weighted by Crippen LogP contribution is 2.58. The van der Waals surface area contributed by atoms with Gasteiger partial charge in [0, 0.05) is 35.5 Å². The van der Waals surface area contributed by atoms with Gasteiger partial charge in [-0.1, -0.05) is 89.9 Å². The van der Waals surface area contributed by atoms with Crippen LogP contribution in [-0.4, -0.2) is 49.2 Å². The lowest BCUT2D eigenvalue weighted by atomic mass is 9.51. The molecule has 2 amide bonds. The average molecular weight is 536 g/mol. The maximum absolute atomic E-state index is 13.9. The van der Waals surface area contributed by atoms with Crippen LogP contribution in [0.25, 0.3) is 0 Å². The molecule has 2 unspecified atom stereocenters. The Morgan fingerprint density at radius 3 is 2.03 bits per heavy atom. The van der Waals surface area contributed by atoms with Crippen LogP contribution >= 0.6 is 23.2 Å². The van der Waals surface area contributed by atoms with Crippen LogP contribution in [0.3, 0.4) is 0 Å². The molecule has 2 aliphatic rings. The molecule has 2 atom stereocenters. The second-order valence-corrected chi connectivity index (χ2v) is 10.1. The van der Waals surface area contributed by atoms with Crippen LogP contribution in [0.2, 0.25) is 10.0 Å². The first-order valence-electron chi connectivity index (χ1n) is 12.3. The van der Waals surface area contributed by atoms with Gasteiger partial charge in [0.2, 0.25) is 11.8 Å². The van der Waals surface area contributed by atoms with Crippen LogP contribution in [0.1, 0.15) is 28.5 Å². The minimum absolute atomic E-state index is 0.0616. The van der Waals surface area contributed by atoms with Crippen LogP contribution in [0, 0.1) is 11.8 Å². The summed E-state index contributed by atoms with van der Waals surface area (Å²) in [7, 11) is 0.